The van der Waals surface area contributed by atoms with Gasteiger partial charge in [-0.25, -0.2) is 15.0 Å². The number of aryl methyl sites for hydroxylation is 2. The van der Waals surface area contributed by atoms with Crippen molar-refractivity contribution in [2.45, 2.75) is 39.7 Å². The average molecular weight is 333 g/mol. The molecule has 0 aliphatic heterocycles. The average Bonchev–Trinajstić information content (AvgIpc) is 3.04. The fourth-order valence-corrected chi connectivity index (χ4v) is 2.66. The van der Waals surface area contributed by atoms with Gasteiger partial charge in [0.05, 0.1) is 24.1 Å². The van der Waals surface area contributed by atoms with E-state index in [0.717, 1.165) is 16.3 Å². The molecule has 7 nitrogen and oxygen atoms in total. The molecular formula is C15H19N5O2S. The summed E-state index contributed by atoms with van der Waals surface area (Å²) in [7, 11) is 0. The molecule has 122 valence electrons. The van der Waals surface area contributed by atoms with Crippen LogP contribution in [0.2, 0.25) is 0 Å². The number of hydrogen-bond donors (Lipinski definition) is 2. The smallest absolute Gasteiger partial charge is 0.313 e. The lowest BCUT2D eigenvalue weighted by atomic mass is 10.3. The van der Waals surface area contributed by atoms with Crippen molar-refractivity contribution in [3.8, 4) is 0 Å². The molecule has 2 heterocycles. The van der Waals surface area contributed by atoms with Crippen LogP contribution in [-0.4, -0.2) is 26.8 Å². The maximum atomic E-state index is 11.9. The molecule has 23 heavy (non-hydrogen) atoms. The van der Waals surface area contributed by atoms with Crippen LogP contribution in [0, 0.1) is 0 Å². The summed E-state index contributed by atoms with van der Waals surface area (Å²) in [6.07, 6.45) is 6.35. The van der Waals surface area contributed by atoms with Crippen molar-refractivity contribution < 1.29 is 9.59 Å². The third kappa shape index (κ3) is 4.56. The lowest BCUT2D eigenvalue weighted by Crippen LogP contribution is -2.36. The molecule has 8 heteroatoms. The maximum absolute atomic E-state index is 11.9. The Morgan fingerprint density at radius 3 is 2.35 bits per heavy atom. The molecule has 0 saturated heterocycles. The first kappa shape index (κ1) is 17.0. The van der Waals surface area contributed by atoms with Gasteiger partial charge < -0.3 is 10.6 Å². The second kappa shape index (κ2) is 7.77. The molecule has 1 unspecified atom stereocenters. The van der Waals surface area contributed by atoms with Gasteiger partial charge in [-0.2, -0.15) is 0 Å². The first-order chi connectivity index (χ1) is 11.0. The van der Waals surface area contributed by atoms with E-state index in [0.29, 0.717) is 17.9 Å². The summed E-state index contributed by atoms with van der Waals surface area (Å²) in [4.78, 5) is 37.4. The molecule has 0 fully saturated rings. The molecule has 1 atom stereocenters. The minimum Gasteiger partial charge on any atom is -0.339 e. The first-order valence-electron chi connectivity index (χ1n) is 7.40. The summed E-state index contributed by atoms with van der Waals surface area (Å²) in [5, 5.41) is 5.88. The van der Waals surface area contributed by atoms with E-state index < -0.39 is 11.8 Å². The third-order valence-electron chi connectivity index (χ3n) is 3.12. The van der Waals surface area contributed by atoms with E-state index in [1.54, 1.807) is 13.1 Å². The third-order valence-corrected chi connectivity index (χ3v) is 4.45. The molecule has 2 rings (SSSR count). The number of carbonyl (C=O) groups excluding carboxylic acids is 2. The van der Waals surface area contributed by atoms with Crippen LogP contribution in [0.5, 0.6) is 0 Å². The van der Waals surface area contributed by atoms with Crippen LogP contribution in [0.15, 0.2) is 18.6 Å². The van der Waals surface area contributed by atoms with Crippen molar-refractivity contribution >= 4 is 28.8 Å². The van der Waals surface area contributed by atoms with Gasteiger partial charge in [-0.15, -0.1) is 11.3 Å². The Bertz CT molecular complexity index is 683. The fourth-order valence-electron chi connectivity index (χ4n) is 1.80. The second-order valence-corrected chi connectivity index (χ2v) is 6.06. The number of carbonyl (C=O) groups is 2. The summed E-state index contributed by atoms with van der Waals surface area (Å²) in [6.45, 7) is 5.77. The zero-order valence-electron chi connectivity index (χ0n) is 13.3. The van der Waals surface area contributed by atoms with Crippen molar-refractivity contribution in [3.05, 3.63) is 34.3 Å². The number of rotatable bonds is 5. The highest BCUT2D eigenvalue weighted by Crippen LogP contribution is 2.20. The summed E-state index contributed by atoms with van der Waals surface area (Å²) in [5.74, 6) is -0.793. The molecule has 2 aromatic heterocycles. The quantitative estimate of drug-likeness (QED) is 0.814. The first-order valence-corrected chi connectivity index (χ1v) is 8.22. The van der Waals surface area contributed by atoms with Crippen molar-refractivity contribution in [3.63, 3.8) is 0 Å². The summed E-state index contributed by atoms with van der Waals surface area (Å²) < 4.78 is 0. The zero-order chi connectivity index (χ0) is 16.8. The standard InChI is InChI=1S/C15H19N5O2S/c1-4-11-8-18-15(23-11)9(3)19-13(21)14(22)20-10-6-16-12(5-2)17-7-10/h6-9H,4-5H2,1-3H3,(H,19,21)(H,20,22). The van der Waals surface area contributed by atoms with Gasteiger partial charge in [-0.1, -0.05) is 13.8 Å². The van der Waals surface area contributed by atoms with Gasteiger partial charge in [0.15, 0.2) is 0 Å². The van der Waals surface area contributed by atoms with E-state index in [4.69, 9.17) is 0 Å². The van der Waals surface area contributed by atoms with Gasteiger partial charge >= 0.3 is 11.8 Å². The Labute approximate surface area is 138 Å². The molecule has 0 aliphatic carbocycles. The van der Waals surface area contributed by atoms with Crippen LogP contribution in [0.3, 0.4) is 0 Å². The summed E-state index contributed by atoms with van der Waals surface area (Å²) in [5.41, 5.74) is 0.387. The van der Waals surface area contributed by atoms with E-state index in [2.05, 4.69) is 25.6 Å². The van der Waals surface area contributed by atoms with Crippen LogP contribution in [-0.2, 0) is 22.4 Å². The molecular weight excluding hydrogens is 314 g/mol. The van der Waals surface area contributed by atoms with Gasteiger partial charge in [-0.3, -0.25) is 9.59 Å². The van der Waals surface area contributed by atoms with Crippen molar-refractivity contribution in [2.24, 2.45) is 0 Å². The molecule has 2 aromatic rings. The largest absolute Gasteiger partial charge is 0.339 e. The molecule has 0 aromatic carbocycles. The SMILES string of the molecule is CCc1ncc(NC(=O)C(=O)NC(C)c2ncc(CC)s2)cn1. The molecule has 0 saturated carbocycles. The second-order valence-electron chi connectivity index (χ2n) is 4.91. The minimum absolute atomic E-state index is 0.322. The van der Waals surface area contributed by atoms with Gasteiger partial charge in [-0.05, 0) is 13.3 Å². The Balaban J connectivity index is 1.92. The Morgan fingerprint density at radius 1 is 1.09 bits per heavy atom. The molecule has 2 N–H and O–H groups in total. The van der Waals surface area contributed by atoms with Gasteiger partial charge in [0, 0.05) is 17.5 Å². The lowest BCUT2D eigenvalue weighted by Gasteiger charge is -2.11. The minimum atomic E-state index is -0.753. The van der Waals surface area contributed by atoms with Crippen LogP contribution in [0.25, 0.3) is 0 Å². The molecule has 0 radical (unpaired) electrons. The highest BCUT2D eigenvalue weighted by Gasteiger charge is 2.19. The van der Waals surface area contributed by atoms with Gasteiger partial charge in [0.2, 0.25) is 0 Å². The Hall–Kier alpha value is -2.35. The number of nitrogens with zero attached hydrogens (tertiary/aromatic N) is 3. The topological polar surface area (TPSA) is 96.9 Å². The zero-order valence-corrected chi connectivity index (χ0v) is 14.1. The predicted molar refractivity (Wildman–Crippen MR) is 88.1 cm³/mol. The fraction of sp³-hybridized carbons (Fsp3) is 0.400. The molecule has 0 spiro atoms. The number of nitrogens with one attached hydrogen (secondary N) is 2. The number of hydrogen-bond acceptors (Lipinski definition) is 6. The predicted octanol–water partition coefficient (Wildman–Crippen LogP) is 1.87. The van der Waals surface area contributed by atoms with Crippen LogP contribution in [0.4, 0.5) is 5.69 Å². The molecule has 2 amide bonds. The number of amides is 2. The van der Waals surface area contributed by atoms with E-state index in [9.17, 15) is 9.59 Å². The Morgan fingerprint density at radius 2 is 1.78 bits per heavy atom. The number of aromatic nitrogens is 3. The highest BCUT2D eigenvalue weighted by atomic mass is 32.1. The number of thiazole rings is 1. The van der Waals surface area contributed by atoms with Crippen molar-refractivity contribution in [2.75, 3.05) is 5.32 Å². The maximum Gasteiger partial charge on any atom is 0.313 e. The molecule has 0 aliphatic rings. The lowest BCUT2D eigenvalue weighted by molar-refractivity contribution is -0.136. The van der Waals surface area contributed by atoms with Crippen molar-refractivity contribution in [1.29, 1.82) is 0 Å². The monoisotopic (exact) mass is 333 g/mol. The van der Waals surface area contributed by atoms with Gasteiger partial charge in [0.25, 0.3) is 0 Å². The van der Waals surface area contributed by atoms with E-state index in [-0.39, 0.29) is 6.04 Å². The Kier molecular flexibility index (Phi) is 5.75. The normalized spacial score (nSPS) is 11.8. The summed E-state index contributed by atoms with van der Waals surface area (Å²) in [6, 6.07) is -0.322. The van der Waals surface area contributed by atoms with Crippen LogP contribution in [0.1, 0.15) is 42.5 Å². The van der Waals surface area contributed by atoms with Crippen LogP contribution < -0.4 is 10.6 Å². The van der Waals surface area contributed by atoms with Crippen LogP contribution >= 0.6 is 11.3 Å². The highest BCUT2D eigenvalue weighted by molar-refractivity contribution is 7.11. The van der Waals surface area contributed by atoms with Crippen molar-refractivity contribution in [1.82, 2.24) is 20.3 Å². The van der Waals surface area contributed by atoms with Gasteiger partial charge in [0.1, 0.15) is 10.8 Å². The van der Waals surface area contributed by atoms with E-state index >= 15 is 0 Å². The summed E-state index contributed by atoms with van der Waals surface area (Å²) >= 11 is 1.53. The number of anilines is 1. The van der Waals surface area contributed by atoms with E-state index in [1.807, 2.05) is 13.8 Å². The van der Waals surface area contributed by atoms with E-state index in [1.165, 1.54) is 23.7 Å². The molecule has 0 bridgehead atoms.